The highest BCUT2D eigenvalue weighted by atomic mass is 16.6. The lowest BCUT2D eigenvalue weighted by atomic mass is 10.0. The third-order valence-corrected chi connectivity index (χ3v) is 5.50. The van der Waals surface area contributed by atoms with Crippen LogP contribution in [0.3, 0.4) is 0 Å². The number of alkyl carbamates (subject to hydrolysis) is 1. The Balaban J connectivity index is 3.64. The number of amides is 2. The number of carbonyl (C=O) groups is 3. The third-order valence-electron chi connectivity index (χ3n) is 5.50. The topological polar surface area (TPSA) is 105 Å². The molecule has 0 aromatic carbocycles. The predicted octanol–water partition coefficient (Wildman–Crippen LogP) is 6.34. The molecule has 0 aliphatic heterocycles. The summed E-state index contributed by atoms with van der Waals surface area (Å²) < 4.78 is 5.06. The fourth-order valence-electron chi connectivity index (χ4n) is 3.61. The Hall–Kier alpha value is -1.79. The summed E-state index contributed by atoms with van der Waals surface area (Å²) in [4.78, 5) is 35.0. The number of hydrogen-bond acceptors (Lipinski definition) is 4. The number of carbonyl (C=O) groups excluding carboxylic acids is 2. The van der Waals surface area contributed by atoms with E-state index in [4.69, 9.17) is 4.74 Å². The van der Waals surface area contributed by atoms with Crippen LogP contribution in [0.1, 0.15) is 130 Å². The summed E-state index contributed by atoms with van der Waals surface area (Å²) in [6.07, 6.45) is 18.6. The Labute approximate surface area is 201 Å². The van der Waals surface area contributed by atoms with E-state index in [1.165, 1.54) is 77.0 Å². The summed E-state index contributed by atoms with van der Waals surface area (Å²) in [6, 6.07) is -1.22. The highest BCUT2D eigenvalue weighted by molar-refractivity contribution is 5.82. The fourth-order valence-corrected chi connectivity index (χ4v) is 3.61. The SMILES string of the molecule is CCCCCCCCCCCCCCCCCC(=O)NCC(NC(=O)OC(C)(C)C)C(=O)O. The summed E-state index contributed by atoms with van der Waals surface area (Å²) >= 11 is 0. The van der Waals surface area contributed by atoms with E-state index in [2.05, 4.69) is 17.6 Å². The van der Waals surface area contributed by atoms with Crippen LogP contribution in [0.5, 0.6) is 0 Å². The first-order chi connectivity index (χ1) is 15.7. The van der Waals surface area contributed by atoms with Gasteiger partial charge in [-0.2, -0.15) is 0 Å². The van der Waals surface area contributed by atoms with Crippen LogP contribution in [-0.4, -0.2) is 41.3 Å². The standard InChI is InChI=1S/C26H50N2O5/c1-5-6-7-8-9-10-11-12-13-14-15-16-17-18-19-20-23(29)27-21-22(24(30)31)28-25(32)33-26(2,3)4/h22H,5-21H2,1-4H3,(H,27,29)(H,28,32)(H,30,31). The monoisotopic (exact) mass is 470 g/mol. The van der Waals surface area contributed by atoms with Crippen molar-refractivity contribution in [2.45, 2.75) is 142 Å². The Morgan fingerprint density at radius 3 is 1.58 bits per heavy atom. The van der Waals surface area contributed by atoms with Crippen LogP contribution in [-0.2, 0) is 14.3 Å². The van der Waals surface area contributed by atoms with Crippen LogP contribution in [0.2, 0.25) is 0 Å². The Bertz CT molecular complexity index is 531. The highest BCUT2D eigenvalue weighted by Crippen LogP contribution is 2.13. The largest absolute Gasteiger partial charge is 0.480 e. The maximum Gasteiger partial charge on any atom is 0.408 e. The van der Waals surface area contributed by atoms with Crippen LogP contribution in [0, 0.1) is 0 Å². The van der Waals surface area contributed by atoms with Gasteiger partial charge in [-0.25, -0.2) is 9.59 Å². The molecule has 7 nitrogen and oxygen atoms in total. The van der Waals surface area contributed by atoms with Crippen molar-refractivity contribution in [2.75, 3.05) is 6.54 Å². The molecular formula is C26H50N2O5. The van der Waals surface area contributed by atoms with Crippen LogP contribution < -0.4 is 10.6 Å². The molecule has 3 N–H and O–H groups in total. The Morgan fingerprint density at radius 2 is 1.18 bits per heavy atom. The minimum atomic E-state index is -1.22. The van der Waals surface area contributed by atoms with Gasteiger partial charge in [0.1, 0.15) is 11.6 Å². The molecule has 194 valence electrons. The average Bonchev–Trinajstić information content (AvgIpc) is 2.72. The second-order valence-electron chi connectivity index (χ2n) is 10.0. The first-order valence-corrected chi connectivity index (χ1v) is 13.1. The molecule has 0 aliphatic rings. The fraction of sp³-hybridized carbons (Fsp3) is 0.885. The molecule has 1 atom stereocenters. The molecule has 0 saturated carbocycles. The van der Waals surface area contributed by atoms with Gasteiger partial charge >= 0.3 is 12.1 Å². The van der Waals surface area contributed by atoms with Gasteiger partial charge in [0.05, 0.1) is 0 Å². The normalized spacial score (nSPS) is 12.2. The van der Waals surface area contributed by atoms with Gasteiger partial charge in [-0.05, 0) is 27.2 Å². The Morgan fingerprint density at radius 1 is 0.758 bits per heavy atom. The van der Waals surface area contributed by atoms with Crippen LogP contribution in [0.15, 0.2) is 0 Å². The number of ether oxygens (including phenoxy) is 1. The maximum atomic E-state index is 12.0. The van der Waals surface area contributed by atoms with Crippen molar-refractivity contribution < 1.29 is 24.2 Å². The molecule has 2 amide bonds. The van der Waals surface area contributed by atoms with Crippen LogP contribution >= 0.6 is 0 Å². The molecule has 0 rings (SSSR count). The number of rotatable bonds is 20. The van der Waals surface area contributed by atoms with Crippen molar-refractivity contribution in [2.24, 2.45) is 0 Å². The number of nitrogens with one attached hydrogen (secondary N) is 2. The molecule has 0 heterocycles. The number of aliphatic carboxylic acids is 1. The van der Waals surface area contributed by atoms with Gasteiger partial charge in [0.2, 0.25) is 5.91 Å². The van der Waals surface area contributed by atoms with E-state index in [0.717, 1.165) is 19.3 Å². The molecule has 0 bridgehead atoms. The zero-order chi connectivity index (χ0) is 25.0. The van der Waals surface area contributed by atoms with Gasteiger partial charge in [0.25, 0.3) is 0 Å². The van der Waals surface area contributed by atoms with E-state index in [1.807, 2.05) is 0 Å². The molecule has 33 heavy (non-hydrogen) atoms. The smallest absolute Gasteiger partial charge is 0.408 e. The third kappa shape index (κ3) is 21.8. The quantitative estimate of drug-likeness (QED) is 0.180. The first-order valence-electron chi connectivity index (χ1n) is 13.1. The second kappa shape index (κ2) is 19.7. The van der Waals surface area contributed by atoms with E-state index in [9.17, 15) is 19.5 Å². The lowest BCUT2D eigenvalue weighted by Gasteiger charge is -2.22. The summed E-state index contributed by atoms with van der Waals surface area (Å²) in [5.74, 6) is -1.41. The van der Waals surface area contributed by atoms with Gasteiger partial charge in [0, 0.05) is 13.0 Å². The molecule has 0 saturated heterocycles. The van der Waals surface area contributed by atoms with Crippen molar-refractivity contribution in [3.05, 3.63) is 0 Å². The van der Waals surface area contributed by atoms with Crippen LogP contribution in [0.4, 0.5) is 4.79 Å². The maximum absolute atomic E-state index is 12.0. The first kappa shape index (κ1) is 31.2. The van der Waals surface area contributed by atoms with Crippen molar-refractivity contribution in [3.8, 4) is 0 Å². The van der Waals surface area contributed by atoms with Crippen molar-refractivity contribution in [1.82, 2.24) is 10.6 Å². The zero-order valence-electron chi connectivity index (χ0n) is 21.7. The minimum absolute atomic E-state index is 0.161. The lowest BCUT2D eigenvalue weighted by molar-refractivity contribution is -0.139. The predicted molar refractivity (Wildman–Crippen MR) is 133 cm³/mol. The summed E-state index contributed by atoms with van der Waals surface area (Å²) in [5, 5.41) is 14.1. The molecule has 7 heteroatoms. The second-order valence-corrected chi connectivity index (χ2v) is 10.0. The Kier molecular flexibility index (Phi) is 18.6. The van der Waals surface area contributed by atoms with Crippen molar-refractivity contribution in [1.29, 1.82) is 0 Å². The summed E-state index contributed by atoms with van der Waals surface area (Å²) in [7, 11) is 0. The van der Waals surface area contributed by atoms with Crippen molar-refractivity contribution in [3.63, 3.8) is 0 Å². The van der Waals surface area contributed by atoms with Gasteiger partial charge in [-0.1, -0.05) is 96.8 Å². The van der Waals surface area contributed by atoms with E-state index in [-0.39, 0.29) is 12.5 Å². The van der Waals surface area contributed by atoms with Crippen molar-refractivity contribution >= 4 is 18.0 Å². The number of carboxylic acids is 1. The van der Waals surface area contributed by atoms with Crippen LogP contribution in [0.25, 0.3) is 0 Å². The molecule has 0 aliphatic carbocycles. The van der Waals surface area contributed by atoms with Gasteiger partial charge in [-0.15, -0.1) is 0 Å². The molecule has 0 aromatic heterocycles. The zero-order valence-corrected chi connectivity index (χ0v) is 21.7. The van der Waals surface area contributed by atoms with Gasteiger partial charge in [-0.3, -0.25) is 4.79 Å². The minimum Gasteiger partial charge on any atom is -0.480 e. The van der Waals surface area contributed by atoms with Gasteiger partial charge in [0.15, 0.2) is 0 Å². The molecular weight excluding hydrogens is 420 g/mol. The molecule has 0 spiro atoms. The summed E-state index contributed by atoms with van der Waals surface area (Å²) in [6.45, 7) is 7.18. The number of unbranched alkanes of at least 4 members (excludes halogenated alkanes) is 14. The van der Waals surface area contributed by atoms with E-state index >= 15 is 0 Å². The van der Waals surface area contributed by atoms with E-state index in [1.54, 1.807) is 20.8 Å². The highest BCUT2D eigenvalue weighted by Gasteiger charge is 2.24. The summed E-state index contributed by atoms with van der Waals surface area (Å²) in [5.41, 5.74) is -0.718. The number of hydrogen-bond donors (Lipinski definition) is 3. The number of carboxylic acid groups (broad SMARTS) is 1. The van der Waals surface area contributed by atoms with E-state index < -0.39 is 23.7 Å². The lowest BCUT2D eigenvalue weighted by Crippen LogP contribution is -2.49. The average molecular weight is 471 g/mol. The molecule has 1 unspecified atom stereocenters. The molecule has 0 fully saturated rings. The molecule has 0 aromatic rings. The van der Waals surface area contributed by atoms with E-state index in [0.29, 0.717) is 6.42 Å². The van der Waals surface area contributed by atoms with Gasteiger partial charge < -0.3 is 20.5 Å². The molecule has 0 radical (unpaired) electrons.